The first kappa shape index (κ1) is 13.9. The van der Waals surface area contributed by atoms with Crippen LogP contribution in [-0.2, 0) is 11.3 Å². The van der Waals surface area contributed by atoms with E-state index in [9.17, 15) is 9.18 Å². The fourth-order valence-electron chi connectivity index (χ4n) is 1.67. The van der Waals surface area contributed by atoms with E-state index in [1.807, 2.05) is 0 Å². The molecule has 2 aromatic carbocycles. The molecule has 0 aliphatic carbocycles. The van der Waals surface area contributed by atoms with Crippen LogP contribution in [0.5, 0.6) is 5.75 Å². The van der Waals surface area contributed by atoms with E-state index >= 15 is 0 Å². The molecule has 0 fully saturated rings. The predicted molar refractivity (Wildman–Crippen MR) is 72.9 cm³/mol. The first-order valence-corrected chi connectivity index (χ1v) is 5.95. The van der Waals surface area contributed by atoms with E-state index in [4.69, 9.17) is 10.5 Å². The summed E-state index contributed by atoms with van der Waals surface area (Å²) in [6.07, 6.45) is 0. The number of carbonyl (C=O) groups is 1. The van der Waals surface area contributed by atoms with Gasteiger partial charge in [0, 0.05) is 6.07 Å². The lowest BCUT2D eigenvalue weighted by molar-refractivity contribution is 0.0600. The molecule has 0 atom stereocenters. The van der Waals surface area contributed by atoms with Gasteiger partial charge >= 0.3 is 5.97 Å². The van der Waals surface area contributed by atoms with Gasteiger partial charge in [0.1, 0.15) is 18.2 Å². The van der Waals surface area contributed by atoms with Crippen LogP contribution in [0.4, 0.5) is 10.1 Å². The number of carbonyl (C=O) groups excluding carboxylic acids is 1. The number of nitrogens with two attached hydrogens (primary N) is 1. The highest BCUT2D eigenvalue weighted by molar-refractivity contribution is 5.89. The summed E-state index contributed by atoms with van der Waals surface area (Å²) >= 11 is 0. The normalized spacial score (nSPS) is 10.1. The van der Waals surface area contributed by atoms with E-state index in [2.05, 4.69) is 4.74 Å². The second-order valence-corrected chi connectivity index (χ2v) is 4.16. The van der Waals surface area contributed by atoms with Crippen molar-refractivity contribution in [3.63, 3.8) is 0 Å². The van der Waals surface area contributed by atoms with Crippen LogP contribution in [0.15, 0.2) is 42.5 Å². The van der Waals surface area contributed by atoms with Gasteiger partial charge in [-0.2, -0.15) is 0 Å². The predicted octanol–water partition coefficient (Wildman–Crippen LogP) is 2.77. The summed E-state index contributed by atoms with van der Waals surface area (Å²) in [6.45, 7) is 0.275. The Balaban J connectivity index is 2.02. The highest BCUT2D eigenvalue weighted by Gasteiger charge is 2.06. The maximum atomic E-state index is 12.9. The van der Waals surface area contributed by atoms with E-state index in [0.29, 0.717) is 11.3 Å². The van der Waals surface area contributed by atoms with Crippen molar-refractivity contribution in [2.45, 2.75) is 6.61 Å². The van der Waals surface area contributed by atoms with Gasteiger partial charge in [-0.05, 0) is 29.8 Å². The van der Waals surface area contributed by atoms with Crippen molar-refractivity contribution in [1.82, 2.24) is 0 Å². The van der Waals surface area contributed by atoms with Crippen molar-refractivity contribution < 1.29 is 18.7 Å². The molecule has 2 rings (SSSR count). The highest BCUT2D eigenvalue weighted by atomic mass is 19.1. The number of halogens is 1. The van der Waals surface area contributed by atoms with Gasteiger partial charge in [0.05, 0.1) is 18.4 Å². The van der Waals surface area contributed by atoms with E-state index in [1.54, 1.807) is 24.3 Å². The minimum atomic E-state index is -0.405. The standard InChI is InChI=1S/C15H14FNO3/c1-19-15(18)11-4-2-10(3-5-11)9-20-14-7-6-12(16)8-13(14)17/h2-8H,9,17H2,1H3. The van der Waals surface area contributed by atoms with Gasteiger partial charge in [0.15, 0.2) is 0 Å². The zero-order chi connectivity index (χ0) is 14.5. The van der Waals surface area contributed by atoms with E-state index in [0.717, 1.165) is 5.56 Å². The Morgan fingerprint density at radius 3 is 2.50 bits per heavy atom. The zero-order valence-corrected chi connectivity index (χ0v) is 10.9. The van der Waals surface area contributed by atoms with Crippen molar-refractivity contribution >= 4 is 11.7 Å². The molecule has 0 unspecified atom stereocenters. The van der Waals surface area contributed by atoms with E-state index < -0.39 is 5.82 Å². The third-order valence-electron chi connectivity index (χ3n) is 2.74. The van der Waals surface area contributed by atoms with Crippen LogP contribution in [-0.4, -0.2) is 13.1 Å². The summed E-state index contributed by atoms with van der Waals surface area (Å²) < 4.78 is 23.0. The lowest BCUT2D eigenvalue weighted by atomic mass is 10.1. The molecule has 2 N–H and O–H groups in total. The molecule has 2 aromatic rings. The van der Waals surface area contributed by atoms with Gasteiger partial charge < -0.3 is 15.2 Å². The van der Waals surface area contributed by atoms with Crippen LogP contribution in [0.25, 0.3) is 0 Å². The molecule has 0 aliphatic heterocycles. The van der Waals surface area contributed by atoms with Crippen LogP contribution in [0, 0.1) is 5.82 Å². The average molecular weight is 275 g/mol. The summed E-state index contributed by atoms with van der Waals surface area (Å²) in [6, 6.07) is 10.8. The lowest BCUT2D eigenvalue weighted by Gasteiger charge is -2.09. The largest absolute Gasteiger partial charge is 0.487 e. The Hall–Kier alpha value is -2.56. The number of esters is 1. The van der Waals surface area contributed by atoms with E-state index in [1.165, 1.54) is 25.3 Å². The molecular formula is C15H14FNO3. The molecule has 4 nitrogen and oxygen atoms in total. The van der Waals surface area contributed by atoms with Crippen molar-refractivity contribution in [3.8, 4) is 5.75 Å². The molecule has 20 heavy (non-hydrogen) atoms. The summed E-state index contributed by atoms with van der Waals surface area (Å²) in [5.41, 5.74) is 7.22. The molecule has 0 aliphatic rings. The van der Waals surface area contributed by atoms with Crippen LogP contribution in [0.3, 0.4) is 0 Å². The van der Waals surface area contributed by atoms with Gasteiger partial charge in [0.25, 0.3) is 0 Å². The van der Waals surface area contributed by atoms with Crippen molar-refractivity contribution in [3.05, 3.63) is 59.4 Å². The van der Waals surface area contributed by atoms with E-state index in [-0.39, 0.29) is 18.3 Å². The Morgan fingerprint density at radius 1 is 1.20 bits per heavy atom. The van der Waals surface area contributed by atoms with Crippen molar-refractivity contribution in [2.24, 2.45) is 0 Å². The highest BCUT2D eigenvalue weighted by Crippen LogP contribution is 2.22. The average Bonchev–Trinajstić information content (AvgIpc) is 2.46. The van der Waals surface area contributed by atoms with Crippen molar-refractivity contribution in [1.29, 1.82) is 0 Å². The SMILES string of the molecule is COC(=O)c1ccc(COc2ccc(F)cc2N)cc1. The van der Waals surface area contributed by atoms with Crippen LogP contribution in [0.1, 0.15) is 15.9 Å². The van der Waals surface area contributed by atoms with Crippen LogP contribution >= 0.6 is 0 Å². The first-order valence-electron chi connectivity index (χ1n) is 5.95. The number of nitrogen functional groups attached to an aromatic ring is 1. The molecule has 104 valence electrons. The van der Waals surface area contributed by atoms with Crippen LogP contribution in [0.2, 0.25) is 0 Å². The fourth-order valence-corrected chi connectivity index (χ4v) is 1.67. The summed E-state index contributed by atoms with van der Waals surface area (Å²) in [5.74, 6) is -0.374. The monoisotopic (exact) mass is 275 g/mol. The molecule has 0 amide bonds. The second kappa shape index (κ2) is 6.06. The summed E-state index contributed by atoms with van der Waals surface area (Å²) in [7, 11) is 1.33. The fraction of sp³-hybridized carbons (Fsp3) is 0.133. The number of hydrogen-bond acceptors (Lipinski definition) is 4. The molecule has 0 radical (unpaired) electrons. The molecule has 0 aromatic heterocycles. The first-order chi connectivity index (χ1) is 9.60. The zero-order valence-electron chi connectivity index (χ0n) is 10.9. The molecule has 5 heteroatoms. The molecule has 0 spiro atoms. The molecule has 0 saturated carbocycles. The Bertz CT molecular complexity index is 611. The maximum Gasteiger partial charge on any atom is 0.337 e. The third-order valence-corrected chi connectivity index (χ3v) is 2.74. The molecule has 0 bridgehead atoms. The Kier molecular flexibility index (Phi) is 4.20. The lowest BCUT2D eigenvalue weighted by Crippen LogP contribution is -2.02. The smallest absolute Gasteiger partial charge is 0.337 e. The van der Waals surface area contributed by atoms with Gasteiger partial charge in [-0.1, -0.05) is 12.1 Å². The van der Waals surface area contributed by atoms with Gasteiger partial charge in [-0.15, -0.1) is 0 Å². The van der Waals surface area contributed by atoms with Gasteiger partial charge in [-0.3, -0.25) is 0 Å². The minimum absolute atomic E-state index is 0.246. The molecule has 0 heterocycles. The molecule has 0 saturated heterocycles. The quantitative estimate of drug-likeness (QED) is 0.688. The number of benzene rings is 2. The van der Waals surface area contributed by atoms with Crippen LogP contribution < -0.4 is 10.5 Å². The van der Waals surface area contributed by atoms with Gasteiger partial charge in [-0.25, -0.2) is 9.18 Å². The molecular weight excluding hydrogens is 261 g/mol. The Labute approximate surface area is 115 Å². The topological polar surface area (TPSA) is 61.5 Å². The maximum absolute atomic E-state index is 12.9. The third kappa shape index (κ3) is 3.26. The Morgan fingerprint density at radius 2 is 1.90 bits per heavy atom. The number of ether oxygens (including phenoxy) is 2. The number of methoxy groups -OCH3 is 1. The minimum Gasteiger partial charge on any atom is -0.487 e. The number of rotatable bonds is 4. The van der Waals surface area contributed by atoms with Crippen molar-refractivity contribution in [2.75, 3.05) is 12.8 Å². The van der Waals surface area contributed by atoms with Gasteiger partial charge in [0.2, 0.25) is 0 Å². The number of hydrogen-bond donors (Lipinski definition) is 1. The second-order valence-electron chi connectivity index (χ2n) is 4.16. The summed E-state index contributed by atoms with van der Waals surface area (Å²) in [5, 5.41) is 0. The summed E-state index contributed by atoms with van der Waals surface area (Å²) in [4.78, 5) is 11.3. The number of anilines is 1.